The number of methoxy groups -OCH3 is 1. The number of nitrogens with zero attached hydrogens (tertiary/aromatic N) is 2. The minimum Gasteiger partial charge on any atom is -0.494 e. The number of ether oxygens (including phenoxy) is 3. The Morgan fingerprint density at radius 1 is 1.24 bits per heavy atom. The number of hydrogen-bond donors (Lipinski definition) is 0. The highest BCUT2D eigenvalue weighted by atomic mass is 35.5. The number of hydrogen-bond acceptors (Lipinski definition) is 6. The van der Waals surface area contributed by atoms with Crippen molar-refractivity contribution in [2.45, 2.75) is 31.5 Å². The van der Waals surface area contributed by atoms with Gasteiger partial charge in [-0.15, -0.1) is 0 Å². The van der Waals surface area contributed by atoms with E-state index in [1.165, 1.54) is 19.3 Å². The topological polar surface area (TPSA) is 62.2 Å². The van der Waals surface area contributed by atoms with Gasteiger partial charge in [0.05, 0.1) is 30.0 Å². The molecule has 184 valence electrons. The maximum atomic E-state index is 12.7. The van der Waals surface area contributed by atoms with Crippen LogP contribution in [-0.4, -0.2) is 36.6 Å². The van der Waals surface area contributed by atoms with Crippen molar-refractivity contribution < 1.29 is 32.2 Å². The molecule has 0 aliphatic carbocycles. The Bertz CT molecular complexity index is 1070. The van der Waals surface area contributed by atoms with Gasteiger partial charge in [-0.1, -0.05) is 40.0 Å². The third kappa shape index (κ3) is 6.84. The lowest BCUT2D eigenvalue weighted by Crippen LogP contribution is -2.27. The molecular weight excluding hydrogens is 520 g/mol. The fourth-order valence-corrected chi connectivity index (χ4v) is 3.55. The van der Waals surface area contributed by atoms with Crippen molar-refractivity contribution in [1.82, 2.24) is 4.98 Å². The van der Waals surface area contributed by atoms with Crippen LogP contribution in [0.15, 0.2) is 46.2 Å². The Morgan fingerprint density at radius 3 is 2.62 bits per heavy atom. The summed E-state index contributed by atoms with van der Waals surface area (Å²) in [5, 5.41) is 4.52. The van der Waals surface area contributed by atoms with E-state index in [-0.39, 0.29) is 23.6 Å². The smallest absolute Gasteiger partial charge is 0.417 e. The van der Waals surface area contributed by atoms with Crippen LogP contribution in [0.3, 0.4) is 0 Å². The van der Waals surface area contributed by atoms with Gasteiger partial charge in [0.15, 0.2) is 0 Å². The van der Waals surface area contributed by atoms with Crippen LogP contribution in [-0.2, 0) is 11.0 Å². The van der Waals surface area contributed by atoms with E-state index in [4.69, 9.17) is 53.9 Å². The predicted molar refractivity (Wildman–Crippen MR) is 123 cm³/mol. The molecule has 0 spiro atoms. The summed E-state index contributed by atoms with van der Waals surface area (Å²) >= 11 is 17.6. The molecule has 1 aromatic heterocycles. The number of alkyl halides is 3. The molecule has 34 heavy (non-hydrogen) atoms. The van der Waals surface area contributed by atoms with Gasteiger partial charge in [-0.25, -0.2) is 4.98 Å². The number of pyridine rings is 1. The van der Waals surface area contributed by atoms with Crippen LogP contribution in [0.25, 0.3) is 0 Å². The van der Waals surface area contributed by atoms with E-state index in [2.05, 4.69) is 10.1 Å². The van der Waals surface area contributed by atoms with Crippen molar-refractivity contribution in [1.29, 1.82) is 0 Å². The van der Waals surface area contributed by atoms with Crippen LogP contribution < -0.4 is 14.2 Å². The Balaban J connectivity index is 1.64. The number of benzene rings is 1. The molecule has 0 amide bonds. The molecule has 2 heterocycles. The molecular formula is C22H20Cl3F3N2O4. The van der Waals surface area contributed by atoms with Crippen LogP contribution in [0.2, 0.25) is 5.02 Å². The number of halogens is 6. The summed E-state index contributed by atoms with van der Waals surface area (Å²) in [4.78, 5) is 9.35. The van der Waals surface area contributed by atoms with Crippen molar-refractivity contribution in [2.24, 2.45) is 5.16 Å². The lowest BCUT2D eigenvalue weighted by molar-refractivity contribution is -0.137. The second-order valence-corrected chi connectivity index (χ2v) is 8.94. The van der Waals surface area contributed by atoms with E-state index >= 15 is 0 Å². The van der Waals surface area contributed by atoms with Crippen molar-refractivity contribution in [3.8, 4) is 17.4 Å². The first-order valence-electron chi connectivity index (χ1n) is 9.94. The SMILES string of the molecule is COc1c(Cl)cc(OCC=C(Cl)Cl)cc1C1=NOC(C)(CCOc2ccc(C(F)(F)F)cn2)C1. The zero-order valence-corrected chi connectivity index (χ0v) is 20.4. The van der Waals surface area contributed by atoms with Gasteiger partial charge in [0, 0.05) is 36.7 Å². The summed E-state index contributed by atoms with van der Waals surface area (Å²) < 4.78 is 54.6. The van der Waals surface area contributed by atoms with Crippen LogP contribution in [0, 0.1) is 0 Å². The first-order valence-corrected chi connectivity index (χ1v) is 11.1. The van der Waals surface area contributed by atoms with Gasteiger partial charge in [0.2, 0.25) is 5.88 Å². The van der Waals surface area contributed by atoms with E-state index in [1.54, 1.807) is 12.1 Å². The fraction of sp³-hybridized carbons (Fsp3) is 0.364. The summed E-state index contributed by atoms with van der Waals surface area (Å²) in [5.41, 5.74) is -0.375. The van der Waals surface area contributed by atoms with Gasteiger partial charge in [-0.05, 0) is 25.1 Å². The first kappa shape index (κ1) is 26.2. The zero-order valence-electron chi connectivity index (χ0n) is 18.1. The molecule has 0 radical (unpaired) electrons. The summed E-state index contributed by atoms with van der Waals surface area (Å²) in [6.07, 6.45) is -1.44. The molecule has 0 N–H and O–H groups in total. The van der Waals surface area contributed by atoms with Crippen molar-refractivity contribution >= 4 is 40.5 Å². The Kier molecular flexibility index (Phi) is 8.43. The predicted octanol–water partition coefficient (Wildman–Crippen LogP) is 6.81. The summed E-state index contributed by atoms with van der Waals surface area (Å²) in [5.74, 6) is 0.955. The van der Waals surface area contributed by atoms with Crippen LogP contribution in [0.4, 0.5) is 13.2 Å². The lowest BCUT2D eigenvalue weighted by Gasteiger charge is -2.21. The molecule has 1 aliphatic heterocycles. The molecule has 12 heteroatoms. The molecule has 1 unspecified atom stereocenters. The number of aromatic nitrogens is 1. The summed E-state index contributed by atoms with van der Waals surface area (Å²) in [6, 6.07) is 5.41. The van der Waals surface area contributed by atoms with Crippen molar-refractivity contribution in [3.63, 3.8) is 0 Å². The van der Waals surface area contributed by atoms with Crippen LogP contribution in [0.1, 0.15) is 30.9 Å². The largest absolute Gasteiger partial charge is 0.494 e. The molecule has 0 saturated heterocycles. The average Bonchev–Trinajstić information content (AvgIpc) is 3.15. The highest BCUT2D eigenvalue weighted by Gasteiger charge is 2.36. The molecule has 0 saturated carbocycles. The van der Waals surface area contributed by atoms with E-state index in [1.807, 2.05) is 6.92 Å². The quantitative estimate of drug-likeness (QED) is 0.350. The van der Waals surface area contributed by atoms with Gasteiger partial charge < -0.3 is 19.0 Å². The van der Waals surface area contributed by atoms with Gasteiger partial charge in [0.25, 0.3) is 0 Å². The lowest BCUT2D eigenvalue weighted by atomic mass is 9.93. The molecule has 0 bridgehead atoms. The standard InChI is InChI=1S/C22H20Cl3F3N2O4/c1-21(6-8-33-19-4-3-13(12-29-19)22(26,27)28)11-17(30-34-21)15-9-14(32-7-5-18(24)25)10-16(23)20(15)31-2/h3-5,9-10,12H,6-8,11H2,1-2H3. The van der Waals surface area contributed by atoms with Gasteiger partial charge in [0.1, 0.15) is 28.2 Å². The van der Waals surface area contributed by atoms with Crippen molar-refractivity contribution in [3.05, 3.63) is 57.2 Å². The van der Waals surface area contributed by atoms with Gasteiger partial charge in [-0.3, -0.25) is 0 Å². The highest BCUT2D eigenvalue weighted by Crippen LogP contribution is 2.38. The molecule has 1 atom stereocenters. The second-order valence-electron chi connectivity index (χ2n) is 7.53. The fourth-order valence-electron chi connectivity index (χ4n) is 3.14. The number of rotatable bonds is 9. The monoisotopic (exact) mass is 538 g/mol. The van der Waals surface area contributed by atoms with E-state index < -0.39 is 17.3 Å². The van der Waals surface area contributed by atoms with Crippen LogP contribution in [0.5, 0.6) is 17.4 Å². The molecule has 1 aliphatic rings. The van der Waals surface area contributed by atoms with E-state index in [9.17, 15) is 13.2 Å². The average molecular weight is 540 g/mol. The Hall–Kier alpha value is -2.36. The number of oxime groups is 1. The van der Waals surface area contributed by atoms with Crippen molar-refractivity contribution in [2.75, 3.05) is 20.3 Å². The molecule has 2 aromatic rings. The molecule has 3 rings (SSSR count). The molecule has 0 fully saturated rings. The third-order valence-corrected chi connectivity index (χ3v) is 5.47. The van der Waals surface area contributed by atoms with Gasteiger partial charge >= 0.3 is 6.18 Å². The first-order chi connectivity index (χ1) is 16.0. The minimum absolute atomic E-state index is 0.0814. The highest BCUT2D eigenvalue weighted by molar-refractivity contribution is 6.55. The second kappa shape index (κ2) is 10.9. The minimum atomic E-state index is -4.45. The Labute approximate surface area is 209 Å². The van der Waals surface area contributed by atoms with Gasteiger partial charge in [-0.2, -0.15) is 13.2 Å². The maximum absolute atomic E-state index is 12.7. The molecule has 1 aromatic carbocycles. The van der Waals surface area contributed by atoms with E-state index in [0.29, 0.717) is 40.6 Å². The Morgan fingerprint density at radius 2 is 2.00 bits per heavy atom. The van der Waals surface area contributed by atoms with Crippen LogP contribution >= 0.6 is 34.8 Å². The zero-order chi connectivity index (χ0) is 24.9. The van der Waals surface area contributed by atoms with E-state index in [0.717, 1.165) is 12.3 Å². The third-order valence-electron chi connectivity index (χ3n) is 4.88. The summed E-state index contributed by atoms with van der Waals surface area (Å²) in [7, 11) is 1.49. The normalized spacial score (nSPS) is 17.6. The molecule has 6 nitrogen and oxygen atoms in total. The maximum Gasteiger partial charge on any atom is 0.417 e. The summed E-state index contributed by atoms with van der Waals surface area (Å²) in [6.45, 7) is 2.14.